The topological polar surface area (TPSA) is 113 Å². The van der Waals surface area contributed by atoms with E-state index in [0.717, 1.165) is 10.7 Å². The van der Waals surface area contributed by atoms with E-state index in [-0.39, 0.29) is 19.6 Å². The van der Waals surface area contributed by atoms with Gasteiger partial charge in [0.1, 0.15) is 12.1 Å². The summed E-state index contributed by atoms with van der Waals surface area (Å²) in [4.78, 5) is 23.0. The molecule has 1 aliphatic heterocycles. The lowest BCUT2D eigenvalue weighted by atomic mass is 10.1. The maximum absolute atomic E-state index is 12.4. The van der Waals surface area contributed by atoms with E-state index in [1.807, 2.05) is 6.92 Å². The van der Waals surface area contributed by atoms with Gasteiger partial charge >= 0.3 is 11.9 Å². The van der Waals surface area contributed by atoms with Crippen LogP contribution in [0.25, 0.3) is 0 Å². The van der Waals surface area contributed by atoms with Crippen LogP contribution in [0.1, 0.15) is 46.0 Å². The van der Waals surface area contributed by atoms with Gasteiger partial charge in [-0.2, -0.15) is 17.4 Å². The molecule has 2 atom stereocenters. The summed E-state index contributed by atoms with van der Waals surface area (Å²) in [5.41, 5.74) is 0. The molecule has 0 aromatic carbocycles. The third-order valence-corrected chi connectivity index (χ3v) is 5.14. The maximum atomic E-state index is 12.4. The number of aliphatic carboxylic acids is 1. The Balaban J connectivity index is 2.82. The molecule has 1 rings (SSSR count). The fourth-order valence-corrected chi connectivity index (χ4v) is 4.00. The molecule has 9 heteroatoms. The van der Waals surface area contributed by atoms with Crippen LogP contribution < -0.4 is 4.72 Å². The minimum Gasteiger partial charge on any atom is -0.480 e. The van der Waals surface area contributed by atoms with Crippen LogP contribution in [0.3, 0.4) is 0 Å². The van der Waals surface area contributed by atoms with Gasteiger partial charge in [-0.15, -0.1) is 0 Å². The molecular formula is C13H24N2O6S. The van der Waals surface area contributed by atoms with E-state index in [9.17, 15) is 18.0 Å². The fourth-order valence-electron chi connectivity index (χ4n) is 2.39. The van der Waals surface area contributed by atoms with Crippen LogP contribution >= 0.6 is 0 Å². The monoisotopic (exact) mass is 336 g/mol. The molecule has 0 aliphatic carbocycles. The summed E-state index contributed by atoms with van der Waals surface area (Å²) >= 11 is 0. The molecule has 128 valence electrons. The predicted molar refractivity (Wildman–Crippen MR) is 79.4 cm³/mol. The number of unbranched alkanes of at least 4 members (excludes halogenated alkanes) is 1. The van der Waals surface area contributed by atoms with Crippen molar-refractivity contribution in [3.63, 3.8) is 0 Å². The molecule has 0 radical (unpaired) electrons. The summed E-state index contributed by atoms with van der Waals surface area (Å²) in [6, 6.07) is -2.06. The first-order chi connectivity index (χ1) is 10.3. The summed E-state index contributed by atoms with van der Waals surface area (Å²) in [7, 11) is -4.05. The number of carboxylic acid groups (broad SMARTS) is 1. The van der Waals surface area contributed by atoms with Gasteiger partial charge in [0.2, 0.25) is 0 Å². The van der Waals surface area contributed by atoms with Gasteiger partial charge in [0, 0.05) is 6.54 Å². The Morgan fingerprint density at radius 2 is 2.09 bits per heavy atom. The Kier molecular flexibility index (Phi) is 7.24. The average Bonchev–Trinajstić information content (AvgIpc) is 2.93. The van der Waals surface area contributed by atoms with Crippen molar-refractivity contribution >= 4 is 22.1 Å². The average molecular weight is 336 g/mol. The number of nitrogens with zero attached hydrogens (tertiary/aromatic N) is 1. The zero-order valence-electron chi connectivity index (χ0n) is 12.9. The molecule has 22 heavy (non-hydrogen) atoms. The second kappa shape index (κ2) is 8.44. The Bertz CT molecular complexity index is 493. The van der Waals surface area contributed by atoms with Crippen molar-refractivity contribution < 1.29 is 27.9 Å². The van der Waals surface area contributed by atoms with Gasteiger partial charge in [0.25, 0.3) is 10.2 Å². The van der Waals surface area contributed by atoms with Gasteiger partial charge in [0.05, 0.1) is 6.61 Å². The second-order valence-electron chi connectivity index (χ2n) is 5.18. The third kappa shape index (κ3) is 4.92. The molecule has 1 saturated heterocycles. The molecule has 0 bridgehead atoms. The molecule has 0 aromatic heterocycles. The van der Waals surface area contributed by atoms with Crippen molar-refractivity contribution in [2.24, 2.45) is 0 Å². The van der Waals surface area contributed by atoms with Crippen molar-refractivity contribution in [2.45, 2.75) is 58.0 Å². The highest BCUT2D eigenvalue weighted by Gasteiger charge is 2.41. The fraction of sp³-hybridized carbons (Fsp3) is 0.846. The number of ether oxygens (including phenoxy) is 1. The zero-order valence-corrected chi connectivity index (χ0v) is 13.8. The summed E-state index contributed by atoms with van der Waals surface area (Å²) in [6.07, 6.45) is 2.49. The van der Waals surface area contributed by atoms with Crippen LogP contribution in [0.15, 0.2) is 0 Å². The van der Waals surface area contributed by atoms with Crippen molar-refractivity contribution in [1.29, 1.82) is 0 Å². The number of esters is 1. The van der Waals surface area contributed by atoms with Gasteiger partial charge < -0.3 is 9.84 Å². The van der Waals surface area contributed by atoms with E-state index in [2.05, 4.69) is 4.72 Å². The number of hydrogen-bond acceptors (Lipinski definition) is 5. The minimum atomic E-state index is -4.05. The highest BCUT2D eigenvalue weighted by molar-refractivity contribution is 7.87. The van der Waals surface area contributed by atoms with Gasteiger partial charge in [-0.3, -0.25) is 9.59 Å². The predicted octanol–water partition coefficient (Wildman–Crippen LogP) is 0.492. The van der Waals surface area contributed by atoms with Crippen molar-refractivity contribution in [3.05, 3.63) is 0 Å². The molecular weight excluding hydrogens is 312 g/mol. The third-order valence-electron chi connectivity index (χ3n) is 3.51. The van der Waals surface area contributed by atoms with E-state index < -0.39 is 34.2 Å². The summed E-state index contributed by atoms with van der Waals surface area (Å²) in [5.74, 6) is -1.81. The quantitative estimate of drug-likeness (QED) is 0.593. The van der Waals surface area contributed by atoms with E-state index in [0.29, 0.717) is 19.3 Å². The van der Waals surface area contributed by atoms with Gasteiger partial charge in [-0.05, 0) is 26.2 Å². The molecule has 0 spiro atoms. The number of rotatable bonds is 9. The first-order valence-corrected chi connectivity index (χ1v) is 8.96. The lowest BCUT2D eigenvalue weighted by Gasteiger charge is -2.24. The number of carboxylic acids is 1. The highest BCUT2D eigenvalue weighted by Crippen LogP contribution is 2.22. The van der Waals surface area contributed by atoms with Gasteiger partial charge in [-0.1, -0.05) is 19.8 Å². The van der Waals surface area contributed by atoms with Crippen LogP contribution in [0.4, 0.5) is 0 Å². The molecule has 2 unspecified atom stereocenters. The SMILES string of the molecule is CCCCC(NS(=O)(=O)N1CCCC1C(=O)OCC)C(=O)O. The zero-order chi connectivity index (χ0) is 16.8. The Hall–Kier alpha value is -1.19. The largest absolute Gasteiger partial charge is 0.480 e. The number of hydrogen-bond donors (Lipinski definition) is 2. The second-order valence-corrected chi connectivity index (χ2v) is 6.83. The van der Waals surface area contributed by atoms with Gasteiger partial charge in [0.15, 0.2) is 0 Å². The summed E-state index contributed by atoms with van der Waals surface area (Å²) < 4.78 is 32.8. The van der Waals surface area contributed by atoms with Crippen molar-refractivity contribution in [2.75, 3.05) is 13.2 Å². The standard InChI is InChI=1S/C13H24N2O6S/c1-3-5-7-10(12(16)17)14-22(19,20)15-9-6-8-11(15)13(18)21-4-2/h10-11,14H,3-9H2,1-2H3,(H,16,17). The first kappa shape index (κ1) is 18.9. The van der Waals surface area contributed by atoms with Crippen molar-refractivity contribution in [3.8, 4) is 0 Å². The van der Waals surface area contributed by atoms with Crippen LogP contribution in [-0.2, 0) is 24.5 Å². The Morgan fingerprint density at radius 1 is 1.41 bits per heavy atom. The van der Waals surface area contributed by atoms with Gasteiger partial charge in [-0.25, -0.2) is 0 Å². The van der Waals surface area contributed by atoms with Crippen LogP contribution in [-0.4, -0.2) is 55.0 Å². The van der Waals surface area contributed by atoms with E-state index >= 15 is 0 Å². The smallest absolute Gasteiger partial charge is 0.324 e. The first-order valence-electron chi connectivity index (χ1n) is 7.52. The van der Waals surface area contributed by atoms with Crippen LogP contribution in [0.5, 0.6) is 0 Å². The molecule has 8 nitrogen and oxygen atoms in total. The Morgan fingerprint density at radius 3 is 2.64 bits per heavy atom. The molecule has 0 saturated carbocycles. The van der Waals surface area contributed by atoms with E-state index in [4.69, 9.17) is 9.84 Å². The number of carbonyl (C=O) groups excluding carboxylic acids is 1. The number of carbonyl (C=O) groups is 2. The molecule has 1 aliphatic rings. The molecule has 1 fully saturated rings. The lowest BCUT2D eigenvalue weighted by molar-refractivity contribution is -0.146. The Labute approximate surface area is 131 Å². The summed E-state index contributed by atoms with van der Waals surface area (Å²) in [5, 5.41) is 9.13. The normalized spacial score (nSPS) is 20.7. The minimum absolute atomic E-state index is 0.172. The number of nitrogens with one attached hydrogen (secondary N) is 1. The van der Waals surface area contributed by atoms with E-state index in [1.165, 1.54) is 0 Å². The van der Waals surface area contributed by atoms with E-state index in [1.54, 1.807) is 6.92 Å². The van der Waals surface area contributed by atoms with Crippen molar-refractivity contribution in [1.82, 2.24) is 9.03 Å². The van der Waals surface area contributed by atoms with Crippen LogP contribution in [0.2, 0.25) is 0 Å². The lowest BCUT2D eigenvalue weighted by Crippen LogP contribution is -2.51. The maximum Gasteiger partial charge on any atom is 0.324 e. The molecule has 0 aromatic rings. The molecule has 1 heterocycles. The summed E-state index contributed by atoms with van der Waals surface area (Å²) in [6.45, 7) is 3.89. The molecule has 2 N–H and O–H groups in total. The molecule has 0 amide bonds. The highest BCUT2D eigenvalue weighted by atomic mass is 32.2. The van der Waals surface area contributed by atoms with Crippen LogP contribution in [0, 0.1) is 0 Å².